The molecular weight excluding hydrogens is 370 g/mol. The maximum atomic E-state index is 12.8. The van der Waals surface area contributed by atoms with Crippen molar-refractivity contribution < 1.29 is 13.2 Å². The van der Waals surface area contributed by atoms with Crippen molar-refractivity contribution in [1.82, 2.24) is 10.2 Å². The monoisotopic (exact) mass is 389 g/mol. The second-order valence-corrected chi connectivity index (χ2v) is 8.60. The highest BCUT2D eigenvalue weighted by molar-refractivity contribution is 7.93. The number of hydrogen-bond donors (Lipinski definition) is 1. The highest BCUT2D eigenvalue weighted by Gasteiger charge is 2.21. The van der Waals surface area contributed by atoms with E-state index < -0.39 is 10.0 Å². The van der Waals surface area contributed by atoms with Crippen LogP contribution in [0.15, 0.2) is 41.3 Å². The molecule has 1 N–H and O–H groups in total. The molecule has 2 aromatic carbocycles. The van der Waals surface area contributed by atoms with Crippen LogP contribution in [0.4, 0.5) is 5.13 Å². The topological polar surface area (TPSA) is 81.2 Å². The van der Waals surface area contributed by atoms with E-state index in [0.717, 1.165) is 16.7 Å². The van der Waals surface area contributed by atoms with Gasteiger partial charge in [-0.15, -0.1) is 10.2 Å². The number of anilines is 1. The molecule has 26 heavy (non-hydrogen) atoms. The minimum Gasteiger partial charge on any atom is -0.496 e. The van der Waals surface area contributed by atoms with Gasteiger partial charge in [-0.3, -0.25) is 4.72 Å². The van der Waals surface area contributed by atoms with Crippen LogP contribution < -0.4 is 9.46 Å². The summed E-state index contributed by atoms with van der Waals surface area (Å²) in [6, 6.07) is 11.1. The van der Waals surface area contributed by atoms with E-state index in [1.54, 1.807) is 33.1 Å². The molecule has 0 unspecified atom stereocenters. The quantitative estimate of drug-likeness (QED) is 0.715. The Bertz CT molecular complexity index is 1040. The van der Waals surface area contributed by atoms with Crippen LogP contribution >= 0.6 is 11.3 Å². The molecule has 0 saturated heterocycles. The summed E-state index contributed by atoms with van der Waals surface area (Å²) in [5, 5.41) is 8.94. The Labute approximate surface area is 156 Å². The predicted octanol–water partition coefficient (Wildman–Crippen LogP) is 3.94. The zero-order valence-electron chi connectivity index (χ0n) is 14.9. The van der Waals surface area contributed by atoms with Gasteiger partial charge in [0.1, 0.15) is 10.8 Å². The molecule has 0 aliphatic carbocycles. The molecule has 3 rings (SSSR count). The van der Waals surface area contributed by atoms with Gasteiger partial charge in [-0.2, -0.15) is 0 Å². The van der Waals surface area contributed by atoms with Crippen molar-refractivity contribution in [3.05, 3.63) is 53.1 Å². The number of rotatable bonds is 5. The number of sulfonamides is 1. The van der Waals surface area contributed by atoms with E-state index in [-0.39, 0.29) is 10.0 Å². The number of benzene rings is 2. The summed E-state index contributed by atoms with van der Waals surface area (Å²) in [5.74, 6) is 0.652. The SMILES string of the molecule is COc1cc(C)c(S(=O)(=O)Nc2nnc(-c3ccc(C)cc3)s2)cc1C. The average Bonchev–Trinajstić information content (AvgIpc) is 3.04. The fourth-order valence-electron chi connectivity index (χ4n) is 2.52. The second-order valence-electron chi connectivity index (χ2n) is 5.97. The summed E-state index contributed by atoms with van der Waals surface area (Å²) in [4.78, 5) is 0.197. The predicted molar refractivity (Wildman–Crippen MR) is 103 cm³/mol. The first-order valence-electron chi connectivity index (χ1n) is 7.89. The first-order valence-corrected chi connectivity index (χ1v) is 10.2. The van der Waals surface area contributed by atoms with E-state index in [4.69, 9.17) is 4.74 Å². The number of aryl methyl sites for hydroxylation is 3. The molecule has 136 valence electrons. The van der Waals surface area contributed by atoms with E-state index in [1.807, 2.05) is 31.2 Å². The van der Waals surface area contributed by atoms with Crippen molar-refractivity contribution in [2.24, 2.45) is 0 Å². The Morgan fingerprint density at radius 3 is 2.35 bits per heavy atom. The number of methoxy groups -OCH3 is 1. The normalized spacial score (nSPS) is 11.4. The standard InChI is InChI=1S/C18H19N3O3S2/c1-11-5-7-14(8-6-11)17-19-20-18(25-17)21-26(22,23)16-10-12(2)15(24-4)9-13(16)3/h5-10H,1-4H3,(H,20,21). The van der Waals surface area contributed by atoms with Crippen LogP contribution in [-0.2, 0) is 10.0 Å². The molecule has 6 nitrogen and oxygen atoms in total. The number of ether oxygens (including phenoxy) is 1. The first-order chi connectivity index (χ1) is 12.3. The average molecular weight is 390 g/mol. The number of hydrogen-bond acceptors (Lipinski definition) is 6. The molecule has 0 spiro atoms. The Hall–Kier alpha value is -2.45. The largest absolute Gasteiger partial charge is 0.496 e. The maximum Gasteiger partial charge on any atom is 0.263 e. The number of aromatic nitrogens is 2. The summed E-state index contributed by atoms with van der Waals surface area (Å²) in [6.45, 7) is 5.54. The Morgan fingerprint density at radius 1 is 1.00 bits per heavy atom. The lowest BCUT2D eigenvalue weighted by molar-refractivity contribution is 0.411. The van der Waals surface area contributed by atoms with Gasteiger partial charge in [-0.05, 0) is 44.0 Å². The minimum atomic E-state index is -3.76. The van der Waals surface area contributed by atoms with Gasteiger partial charge in [0.15, 0.2) is 0 Å². The van der Waals surface area contributed by atoms with Gasteiger partial charge in [0, 0.05) is 5.56 Å². The zero-order valence-corrected chi connectivity index (χ0v) is 16.5. The Balaban J connectivity index is 1.89. The van der Waals surface area contributed by atoms with Gasteiger partial charge in [-0.1, -0.05) is 41.2 Å². The molecule has 8 heteroatoms. The van der Waals surface area contributed by atoms with Crippen LogP contribution in [0, 0.1) is 20.8 Å². The summed E-state index contributed by atoms with van der Waals surface area (Å²) >= 11 is 1.19. The van der Waals surface area contributed by atoms with Crippen molar-refractivity contribution >= 4 is 26.5 Å². The fraction of sp³-hybridized carbons (Fsp3) is 0.222. The molecular formula is C18H19N3O3S2. The van der Waals surface area contributed by atoms with Crippen molar-refractivity contribution in [3.8, 4) is 16.3 Å². The summed E-state index contributed by atoms with van der Waals surface area (Å²) < 4.78 is 33.3. The molecule has 0 aliphatic rings. The molecule has 0 saturated carbocycles. The lowest BCUT2D eigenvalue weighted by Crippen LogP contribution is -2.14. The third-order valence-electron chi connectivity index (χ3n) is 3.93. The number of nitrogens with one attached hydrogen (secondary N) is 1. The van der Waals surface area contributed by atoms with E-state index >= 15 is 0 Å². The van der Waals surface area contributed by atoms with Gasteiger partial charge in [0.2, 0.25) is 5.13 Å². The highest BCUT2D eigenvalue weighted by Crippen LogP contribution is 2.30. The molecule has 0 atom stereocenters. The second kappa shape index (κ2) is 7.05. The maximum absolute atomic E-state index is 12.8. The van der Waals surface area contributed by atoms with Crippen LogP contribution in [0.25, 0.3) is 10.6 Å². The van der Waals surface area contributed by atoms with Crippen molar-refractivity contribution in [1.29, 1.82) is 0 Å². The minimum absolute atomic E-state index is 0.197. The van der Waals surface area contributed by atoms with E-state index in [1.165, 1.54) is 11.3 Å². The zero-order chi connectivity index (χ0) is 18.9. The molecule has 0 aliphatic heterocycles. The molecule has 0 fully saturated rings. The summed E-state index contributed by atoms with van der Waals surface area (Å²) in [6.07, 6.45) is 0. The lowest BCUT2D eigenvalue weighted by atomic mass is 10.1. The highest BCUT2D eigenvalue weighted by atomic mass is 32.2. The third-order valence-corrected chi connectivity index (χ3v) is 6.43. The first kappa shape index (κ1) is 18.3. The lowest BCUT2D eigenvalue weighted by Gasteiger charge is -2.12. The van der Waals surface area contributed by atoms with Crippen molar-refractivity contribution in [2.45, 2.75) is 25.7 Å². The summed E-state index contributed by atoms with van der Waals surface area (Å²) in [7, 11) is -2.21. The Morgan fingerprint density at radius 2 is 1.69 bits per heavy atom. The summed E-state index contributed by atoms with van der Waals surface area (Å²) in [5.41, 5.74) is 3.39. The van der Waals surface area contributed by atoms with Gasteiger partial charge < -0.3 is 4.74 Å². The molecule has 0 amide bonds. The molecule has 0 radical (unpaired) electrons. The Kier molecular flexibility index (Phi) is 4.97. The molecule has 1 heterocycles. The molecule has 0 bridgehead atoms. The van der Waals surface area contributed by atoms with Gasteiger partial charge in [-0.25, -0.2) is 8.42 Å². The van der Waals surface area contributed by atoms with Crippen LogP contribution in [0.5, 0.6) is 5.75 Å². The van der Waals surface area contributed by atoms with E-state index in [2.05, 4.69) is 14.9 Å². The van der Waals surface area contributed by atoms with Crippen LogP contribution in [0.1, 0.15) is 16.7 Å². The van der Waals surface area contributed by atoms with Crippen molar-refractivity contribution in [3.63, 3.8) is 0 Å². The fourth-order valence-corrected chi connectivity index (χ4v) is 4.81. The van der Waals surface area contributed by atoms with Crippen LogP contribution in [0.2, 0.25) is 0 Å². The van der Waals surface area contributed by atoms with E-state index in [0.29, 0.717) is 16.3 Å². The van der Waals surface area contributed by atoms with Crippen LogP contribution in [0.3, 0.4) is 0 Å². The van der Waals surface area contributed by atoms with Gasteiger partial charge in [0.25, 0.3) is 10.0 Å². The third kappa shape index (κ3) is 3.71. The molecule has 1 aromatic heterocycles. The van der Waals surface area contributed by atoms with Gasteiger partial charge >= 0.3 is 0 Å². The smallest absolute Gasteiger partial charge is 0.263 e. The van der Waals surface area contributed by atoms with Crippen LogP contribution in [-0.4, -0.2) is 25.7 Å². The number of nitrogens with zero attached hydrogens (tertiary/aromatic N) is 2. The van der Waals surface area contributed by atoms with Gasteiger partial charge in [0.05, 0.1) is 12.0 Å². The van der Waals surface area contributed by atoms with E-state index in [9.17, 15) is 8.42 Å². The van der Waals surface area contributed by atoms with Crippen molar-refractivity contribution in [2.75, 3.05) is 11.8 Å². The molecule has 3 aromatic rings.